The van der Waals surface area contributed by atoms with Crippen molar-refractivity contribution in [3.8, 4) is 0 Å². The number of rotatable bonds is 6. The molecule has 0 fully saturated rings. The second kappa shape index (κ2) is 7.78. The summed E-state index contributed by atoms with van der Waals surface area (Å²) in [4.78, 5) is 9.19. The molecule has 27 heavy (non-hydrogen) atoms. The van der Waals surface area contributed by atoms with Crippen molar-refractivity contribution in [3.63, 3.8) is 0 Å². The third-order valence-corrected chi connectivity index (χ3v) is 4.35. The van der Waals surface area contributed by atoms with Crippen LogP contribution < -0.4 is 10.6 Å². The lowest BCUT2D eigenvalue weighted by Gasteiger charge is -2.20. The topological polar surface area (TPSA) is 75.9 Å². The summed E-state index contributed by atoms with van der Waals surface area (Å²) < 4.78 is 5.11. The van der Waals surface area contributed by atoms with E-state index in [4.69, 9.17) is 4.52 Å². The first kappa shape index (κ1) is 18.9. The van der Waals surface area contributed by atoms with Crippen molar-refractivity contribution in [1.82, 2.24) is 15.1 Å². The third-order valence-electron chi connectivity index (χ3n) is 4.35. The molecule has 1 aromatic carbocycles. The Labute approximate surface area is 160 Å². The monoisotopic (exact) mass is 365 g/mol. The van der Waals surface area contributed by atoms with E-state index in [1.807, 2.05) is 26.0 Å². The average molecular weight is 365 g/mol. The molecular formula is C21H27N5O. The van der Waals surface area contributed by atoms with E-state index < -0.39 is 0 Å². The molecule has 2 N–H and O–H groups in total. The first-order valence-corrected chi connectivity index (χ1v) is 9.29. The van der Waals surface area contributed by atoms with Crippen LogP contribution >= 0.6 is 0 Å². The highest BCUT2D eigenvalue weighted by Crippen LogP contribution is 2.34. The molecule has 0 amide bonds. The number of nitrogens with one attached hydrogen (secondary N) is 2. The molecule has 0 unspecified atom stereocenters. The van der Waals surface area contributed by atoms with Gasteiger partial charge in [-0.15, -0.1) is 0 Å². The quantitative estimate of drug-likeness (QED) is 0.573. The van der Waals surface area contributed by atoms with Gasteiger partial charge in [-0.05, 0) is 36.8 Å². The maximum absolute atomic E-state index is 5.11. The standard InChI is InChI=1S/C21H27N5O/c1-12(2)16-8-7-9-17(13(3)4)20(16)25-21-22-14(5)10-18(24-21)23-19-11-15(6)27-26-19/h7-13H,1-6H3,(H2,22,23,24,25,26). The number of anilines is 4. The summed E-state index contributed by atoms with van der Waals surface area (Å²) >= 11 is 0. The molecule has 0 bridgehead atoms. The lowest BCUT2D eigenvalue weighted by Crippen LogP contribution is -2.07. The van der Waals surface area contributed by atoms with Crippen LogP contribution in [0, 0.1) is 13.8 Å². The molecule has 0 aliphatic heterocycles. The number of benzene rings is 1. The van der Waals surface area contributed by atoms with Crippen LogP contribution in [-0.4, -0.2) is 15.1 Å². The number of para-hydroxylation sites is 1. The molecule has 3 aromatic rings. The van der Waals surface area contributed by atoms with Crippen LogP contribution in [-0.2, 0) is 0 Å². The van der Waals surface area contributed by atoms with Crippen molar-refractivity contribution >= 4 is 23.3 Å². The van der Waals surface area contributed by atoms with Crippen LogP contribution in [0.4, 0.5) is 23.3 Å². The van der Waals surface area contributed by atoms with Crippen LogP contribution in [0.15, 0.2) is 34.9 Å². The predicted octanol–water partition coefficient (Wildman–Crippen LogP) is 5.82. The Morgan fingerprint density at radius 3 is 2.07 bits per heavy atom. The van der Waals surface area contributed by atoms with Crippen molar-refractivity contribution in [2.75, 3.05) is 10.6 Å². The van der Waals surface area contributed by atoms with Crippen LogP contribution in [0.1, 0.15) is 62.1 Å². The molecule has 3 rings (SSSR count). The molecule has 0 spiro atoms. The minimum absolute atomic E-state index is 0.395. The normalized spacial score (nSPS) is 11.3. The summed E-state index contributed by atoms with van der Waals surface area (Å²) in [5.74, 6) is 3.40. The van der Waals surface area contributed by atoms with E-state index in [-0.39, 0.29) is 0 Å². The van der Waals surface area contributed by atoms with Crippen molar-refractivity contribution in [2.24, 2.45) is 0 Å². The smallest absolute Gasteiger partial charge is 0.229 e. The Morgan fingerprint density at radius 2 is 1.52 bits per heavy atom. The van der Waals surface area contributed by atoms with Gasteiger partial charge in [0.15, 0.2) is 5.82 Å². The zero-order valence-electron chi connectivity index (χ0n) is 16.8. The number of hydrogen-bond donors (Lipinski definition) is 2. The van der Waals surface area contributed by atoms with Crippen LogP contribution in [0.2, 0.25) is 0 Å². The van der Waals surface area contributed by atoms with E-state index >= 15 is 0 Å². The lowest BCUT2D eigenvalue weighted by atomic mass is 9.93. The zero-order valence-corrected chi connectivity index (χ0v) is 16.8. The summed E-state index contributed by atoms with van der Waals surface area (Å²) in [6.45, 7) is 12.6. The highest BCUT2D eigenvalue weighted by molar-refractivity contribution is 5.66. The van der Waals surface area contributed by atoms with E-state index in [1.54, 1.807) is 0 Å². The first-order valence-electron chi connectivity index (χ1n) is 9.29. The second-order valence-electron chi connectivity index (χ2n) is 7.41. The molecule has 2 aromatic heterocycles. The molecule has 0 saturated carbocycles. The van der Waals surface area contributed by atoms with Gasteiger partial charge in [-0.3, -0.25) is 0 Å². The predicted molar refractivity (Wildman–Crippen MR) is 109 cm³/mol. The molecule has 0 saturated heterocycles. The fraction of sp³-hybridized carbons (Fsp3) is 0.381. The van der Waals surface area contributed by atoms with Gasteiger partial charge in [-0.1, -0.05) is 51.1 Å². The van der Waals surface area contributed by atoms with Crippen molar-refractivity contribution in [1.29, 1.82) is 0 Å². The third kappa shape index (κ3) is 4.45. The Kier molecular flexibility index (Phi) is 5.44. The fourth-order valence-corrected chi connectivity index (χ4v) is 3.05. The maximum atomic E-state index is 5.11. The van der Waals surface area contributed by atoms with Crippen LogP contribution in [0.5, 0.6) is 0 Å². The van der Waals surface area contributed by atoms with Gasteiger partial charge in [0.2, 0.25) is 5.95 Å². The van der Waals surface area contributed by atoms with E-state index in [9.17, 15) is 0 Å². The number of aromatic nitrogens is 3. The molecule has 0 atom stereocenters. The van der Waals surface area contributed by atoms with Crippen LogP contribution in [0.3, 0.4) is 0 Å². The second-order valence-corrected chi connectivity index (χ2v) is 7.41. The van der Waals surface area contributed by atoms with E-state index in [1.165, 1.54) is 11.1 Å². The van der Waals surface area contributed by atoms with Crippen molar-refractivity contribution in [3.05, 3.63) is 52.9 Å². The van der Waals surface area contributed by atoms with Gasteiger partial charge in [-0.25, -0.2) is 4.98 Å². The lowest BCUT2D eigenvalue weighted by molar-refractivity contribution is 0.400. The highest BCUT2D eigenvalue weighted by atomic mass is 16.5. The molecule has 2 heterocycles. The highest BCUT2D eigenvalue weighted by Gasteiger charge is 2.15. The fourth-order valence-electron chi connectivity index (χ4n) is 3.05. The molecule has 0 aliphatic rings. The summed E-state index contributed by atoms with van der Waals surface area (Å²) in [5.41, 5.74) is 4.47. The van der Waals surface area contributed by atoms with E-state index in [0.29, 0.717) is 29.4 Å². The van der Waals surface area contributed by atoms with E-state index in [2.05, 4.69) is 71.7 Å². The van der Waals surface area contributed by atoms with Gasteiger partial charge in [0, 0.05) is 23.5 Å². The summed E-state index contributed by atoms with van der Waals surface area (Å²) in [6, 6.07) is 10.1. The summed E-state index contributed by atoms with van der Waals surface area (Å²) in [5, 5.41) is 10.6. The van der Waals surface area contributed by atoms with E-state index in [0.717, 1.165) is 17.1 Å². The summed E-state index contributed by atoms with van der Waals surface area (Å²) in [6.07, 6.45) is 0. The van der Waals surface area contributed by atoms with Gasteiger partial charge in [0.05, 0.1) is 0 Å². The summed E-state index contributed by atoms with van der Waals surface area (Å²) in [7, 11) is 0. The Hall–Kier alpha value is -2.89. The van der Waals surface area contributed by atoms with Gasteiger partial charge in [-0.2, -0.15) is 4.98 Å². The minimum Gasteiger partial charge on any atom is -0.360 e. The van der Waals surface area contributed by atoms with Crippen molar-refractivity contribution < 1.29 is 4.52 Å². The van der Waals surface area contributed by atoms with Crippen molar-refractivity contribution in [2.45, 2.75) is 53.4 Å². The zero-order chi connectivity index (χ0) is 19.6. The molecular weight excluding hydrogens is 338 g/mol. The van der Waals surface area contributed by atoms with Gasteiger partial charge in [0.25, 0.3) is 0 Å². The minimum atomic E-state index is 0.395. The average Bonchev–Trinajstić information content (AvgIpc) is 2.98. The van der Waals surface area contributed by atoms with Crippen LogP contribution in [0.25, 0.3) is 0 Å². The molecule has 0 aliphatic carbocycles. The SMILES string of the molecule is Cc1cc(Nc2cc(C)on2)nc(Nc2c(C(C)C)cccc2C(C)C)n1. The van der Waals surface area contributed by atoms with Gasteiger partial charge < -0.3 is 15.2 Å². The largest absolute Gasteiger partial charge is 0.360 e. The maximum Gasteiger partial charge on any atom is 0.229 e. The molecule has 6 nitrogen and oxygen atoms in total. The Balaban J connectivity index is 1.96. The first-order chi connectivity index (χ1) is 12.8. The number of aryl methyl sites for hydroxylation is 2. The molecule has 6 heteroatoms. The molecule has 142 valence electrons. The molecule has 0 radical (unpaired) electrons. The number of hydrogen-bond acceptors (Lipinski definition) is 6. The Bertz CT molecular complexity index is 904. The van der Waals surface area contributed by atoms with Gasteiger partial charge in [0.1, 0.15) is 11.6 Å². The number of nitrogens with zero attached hydrogens (tertiary/aromatic N) is 3. The van der Waals surface area contributed by atoms with Gasteiger partial charge >= 0.3 is 0 Å². The Morgan fingerprint density at radius 1 is 0.852 bits per heavy atom.